The first-order valence-electron chi connectivity index (χ1n) is 10.5. The fraction of sp³-hybridized carbons (Fsp3) is 0.240. The van der Waals surface area contributed by atoms with E-state index in [0.717, 1.165) is 29.5 Å². The van der Waals surface area contributed by atoms with Crippen molar-refractivity contribution in [2.45, 2.75) is 25.4 Å². The third-order valence-corrected chi connectivity index (χ3v) is 5.34. The molecule has 0 atom stereocenters. The summed E-state index contributed by atoms with van der Waals surface area (Å²) < 4.78 is 42.0. The van der Waals surface area contributed by atoms with Crippen LogP contribution in [0.3, 0.4) is 0 Å². The Morgan fingerprint density at radius 2 is 1.76 bits per heavy atom. The van der Waals surface area contributed by atoms with Gasteiger partial charge in [0.1, 0.15) is 6.54 Å². The van der Waals surface area contributed by atoms with Gasteiger partial charge in [-0.05, 0) is 48.1 Å². The number of hydrogen-bond donors (Lipinski definition) is 1. The summed E-state index contributed by atoms with van der Waals surface area (Å²) in [5.41, 5.74) is 4.34. The van der Waals surface area contributed by atoms with E-state index in [1.54, 1.807) is 23.5 Å². The number of nitrogens with zero attached hydrogens (tertiary/aromatic N) is 1. The van der Waals surface area contributed by atoms with Crippen LogP contribution in [0.5, 0.6) is 0 Å². The van der Waals surface area contributed by atoms with Crippen LogP contribution in [0.1, 0.15) is 40.0 Å². The van der Waals surface area contributed by atoms with E-state index in [1.165, 1.54) is 0 Å². The van der Waals surface area contributed by atoms with Crippen molar-refractivity contribution in [1.29, 1.82) is 0 Å². The zero-order valence-corrected chi connectivity index (χ0v) is 17.6. The van der Waals surface area contributed by atoms with Crippen LogP contribution in [0.4, 0.5) is 13.2 Å². The molecule has 1 aromatic heterocycles. The summed E-state index contributed by atoms with van der Waals surface area (Å²) in [6.45, 7) is -2.28. The molecule has 1 heterocycles. The van der Waals surface area contributed by atoms with Gasteiger partial charge in [0.2, 0.25) is 0 Å². The number of halogens is 3. The van der Waals surface area contributed by atoms with Gasteiger partial charge < -0.3 is 10.1 Å². The van der Waals surface area contributed by atoms with Crippen molar-refractivity contribution < 1.29 is 27.5 Å². The zero-order valence-electron chi connectivity index (χ0n) is 17.6. The van der Waals surface area contributed by atoms with Gasteiger partial charge in [-0.3, -0.25) is 4.79 Å². The summed E-state index contributed by atoms with van der Waals surface area (Å²) in [6, 6.07) is 16.9. The molecule has 2 aromatic carbocycles. The minimum atomic E-state index is -4.54. The zero-order chi connectivity index (χ0) is 23.4. The summed E-state index contributed by atoms with van der Waals surface area (Å²) >= 11 is 0. The van der Waals surface area contributed by atoms with Gasteiger partial charge in [0.05, 0.1) is 16.8 Å². The first-order chi connectivity index (χ1) is 15.8. The number of carbonyl (C=O) groups is 2. The predicted molar refractivity (Wildman–Crippen MR) is 118 cm³/mol. The lowest BCUT2D eigenvalue weighted by Crippen LogP contribution is -2.36. The van der Waals surface area contributed by atoms with Gasteiger partial charge in [-0.25, -0.2) is 9.78 Å². The number of hydrogen-bond acceptors (Lipinski definition) is 4. The molecule has 0 saturated heterocycles. The summed E-state index contributed by atoms with van der Waals surface area (Å²) in [4.78, 5) is 29.6. The molecule has 0 aliphatic heterocycles. The number of ether oxygens (including phenoxy) is 1. The van der Waals surface area contributed by atoms with Crippen LogP contribution in [0, 0.1) is 0 Å². The highest BCUT2D eigenvalue weighted by Gasteiger charge is 2.29. The van der Waals surface area contributed by atoms with Crippen molar-refractivity contribution in [3.63, 3.8) is 0 Å². The Labute approximate surface area is 188 Å². The molecule has 33 heavy (non-hydrogen) atoms. The highest BCUT2D eigenvalue weighted by Crippen LogP contribution is 2.36. The van der Waals surface area contributed by atoms with E-state index in [0.29, 0.717) is 28.6 Å². The van der Waals surface area contributed by atoms with Gasteiger partial charge in [0.25, 0.3) is 5.91 Å². The molecule has 0 bridgehead atoms. The van der Waals surface area contributed by atoms with Gasteiger partial charge in [0, 0.05) is 5.39 Å². The molecule has 170 valence electrons. The third-order valence-electron chi connectivity index (χ3n) is 5.34. The van der Waals surface area contributed by atoms with Gasteiger partial charge in [-0.15, -0.1) is 0 Å². The molecule has 1 aliphatic rings. The molecule has 4 rings (SSSR count). The fourth-order valence-corrected chi connectivity index (χ4v) is 3.91. The van der Waals surface area contributed by atoms with E-state index in [9.17, 15) is 22.8 Å². The summed E-state index contributed by atoms with van der Waals surface area (Å²) in [5.74, 6) is -1.77. The third kappa shape index (κ3) is 5.39. The molecule has 1 amide bonds. The topological polar surface area (TPSA) is 68.3 Å². The van der Waals surface area contributed by atoms with Crippen LogP contribution in [0.15, 0.2) is 54.6 Å². The minimum absolute atomic E-state index is 0.304. The monoisotopic (exact) mass is 454 g/mol. The standard InChI is InChI=1S/C25H21F3N2O3/c26-25(27,28)15-29-21(31)14-33-24(32)22-18-10-4-5-12-20(18)30-23-17(9-6-11-19(22)23)13-16-7-2-1-3-8-16/h1-5,7-8,10,12-13H,6,9,11,14-15H2,(H,29,31). The van der Waals surface area contributed by atoms with Gasteiger partial charge in [-0.1, -0.05) is 48.5 Å². The second-order valence-electron chi connectivity index (χ2n) is 7.73. The van der Waals surface area contributed by atoms with Crippen LogP contribution in [0.25, 0.3) is 22.6 Å². The number of esters is 1. The number of alkyl halides is 3. The molecule has 0 radical (unpaired) electrons. The van der Waals surface area contributed by atoms with Crippen LogP contribution in [-0.2, 0) is 16.0 Å². The fourth-order valence-electron chi connectivity index (χ4n) is 3.91. The Morgan fingerprint density at radius 1 is 1.03 bits per heavy atom. The number of allylic oxidation sites excluding steroid dienone is 1. The van der Waals surface area contributed by atoms with E-state index in [4.69, 9.17) is 9.72 Å². The lowest BCUT2D eigenvalue weighted by molar-refractivity contribution is -0.140. The number of fused-ring (bicyclic) bond motifs is 2. The maximum atomic E-state index is 13.0. The molecule has 8 heteroatoms. The molecule has 0 saturated carbocycles. The van der Waals surface area contributed by atoms with Crippen LogP contribution >= 0.6 is 0 Å². The van der Waals surface area contributed by atoms with E-state index in [1.807, 2.05) is 42.5 Å². The first-order valence-corrected chi connectivity index (χ1v) is 10.5. The van der Waals surface area contributed by atoms with Crippen LogP contribution in [0.2, 0.25) is 0 Å². The van der Waals surface area contributed by atoms with Crippen LogP contribution < -0.4 is 5.32 Å². The Hall–Kier alpha value is -3.68. The second kappa shape index (κ2) is 9.44. The Morgan fingerprint density at radius 3 is 2.52 bits per heavy atom. The predicted octanol–water partition coefficient (Wildman–Crippen LogP) is 4.95. The average Bonchev–Trinajstić information content (AvgIpc) is 2.80. The van der Waals surface area contributed by atoms with Gasteiger partial charge in [-0.2, -0.15) is 13.2 Å². The van der Waals surface area contributed by atoms with Gasteiger partial charge >= 0.3 is 12.1 Å². The van der Waals surface area contributed by atoms with E-state index < -0.39 is 31.2 Å². The summed E-state index contributed by atoms with van der Waals surface area (Å²) in [6.07, 6.45) is -0.301. The van der Waals surface area contributed by atoms with E-state index in [2.05, 4.69) is 0 Å². The summed E-state index contributed by atoms with van der Waals surface area (Å²) in [7, 11) is 0. The molecular formula is C25H21F3N2O3. The molecule has 3 aromatic rings. The molecule has 5 nitrogen and oxygen atoms in total. The van der Waals surface area contributed by atoms with Crippen LogP contribution in [-0.4, -0.2) is 36.2 Å². The maximum Gasteiger partial charge on any atom is 0.405 e. The van der Waals surface area contributed by atoms with E-state index in [-0.39, 0.29) is 0 Å². The minimum Gasteiger partial charge on any atom is -0.452 e. The SMILES string of the molecule is O=C(COC(=O)c1c2c(nc3ccccc13)C(=Cc1ccccc1)CCC2)NCC(F)(F)F. The molecule has 0 fully saturated rings. The molecule has 1 N–H and O–H groups in total. The smallest absolute Gasteiger partial charge is 0.405 e. The van der Waals surface area contributed by atoms with Crippen molar-refractivity contribution in [1.82, 2.24) is 10.3 Å². The Kier molecular flexibility index (Phi) is 6.44. The quantitative estimate of drug-likeness (QED) is 0.554. The lowest BCUT2D eigenvalue weighted by Gasteiger charge is -2.22. The number of benzene rings is 2. The molecular weight excluding hydrogens is 433 g/mol. The molecule has 0 unspecified atom stereocenters. The van der Waals surface area contributed by atoms with E-state index >= 15 is 0 Å². The number of amides is 1. The summed E-state index contributed by atoms with van der Waals surface area (Å²) in [5, 5.41) is 2.28. The number of rotatable bonds is 5. The normalized spacial score (nSPS) is 14.7. The van der Waals surface area contributed by atoms with Crippen molar-refractivity contribution >= 4 is 34.4 Å². The highest BCUT2D eigenvalue weighted by atomic mass is 19.4. The average molecular weight is 454 g/mol. The van der Waals surface area contributed by atoms with Crippen molar-refractivity contribution in [3.05, 3.63) is 77.0 Å². The number of nitrogens with one attached hydrogen (secondary N) is 1. The van der Waals surface area contributed by atoms with Crippen molar-refractivity contribution in [3.8, 4) is 0 Å². The Bertz CT molecular complexity index is 1220. The maximum absolute atomic E-state index is 13.0. The number of pyridine rings is 1. The lowest BCUT2D eigenvalue weighted by atomic mass is 9.86. The van der Waals surface area contributed by atoms with Crippen molar-refractivity contribution in [2.24, 2.45) is 0 Å². The van der Waals surface area contributed by atoms with Crippen molar-refractivity contribution in [2.75, 3.05) is 13.2 Å². The molecule has 1 aliphatic carbocycles. The largest absolute Gasteiger partial charge is 0.452 e. The van der Waals surface area contributed by atoms with Gasteiger partial charge in [0.15, 0.2) is 6.61 Å². The highest BCUT2D eigenvalue weighted by molar-refractivity contribution is 6.07. The number of aromatic nitrogens is 1. The molecule has 0 spiro atoms. The number of para-hydroxylation sites is 1. The second-order valence-corrected chi connectivity index (χ2v) is 7.73. The first kappa shape index (κ1) is 22.5. The Balaban J connectivity index is 1.68. The number of carbonyl (C=O) groups excluding carboxylic acids is 2.